The molecule has 3 nitrogen and oxygen atoms in total. The Balaban J connectivity index is 1.35. The van der Waals surface area contributed by atoms with Crippen LogP contribution in [0.4, 0.5) is 17.1 Å². The number of nitrogens with zero attached hydrogens (tertiary/aromatic N) is 1. The first-order chi connectivity index (χ1) is 22.4. The molecule has 46 heavy (non-hydrogen) atoms. The van der Waals surface area contributed by atoms with Gasteiger partial charge in [0.15, 0.2) is 11.6 Å². The van der Waals surface area contributed by atoms with Crippen LogP contribution in [-0.4, -0.2) is 11.6 Å². The maximum atomic E-state index is 13.4. The van der Waals surface area contributed by atoms with Crippen LogP contribution in [0.5, 0.6) is 0 Å². The van der Waals surface area contributed by atoms with Gasteiger partial charge in [-0.25, -0.2) is 0 Å². The van der Waals surface area contributed by atoms with Gasteiger partial charge in [0, 0.05) is 28.2 Å². The molecule has 0 amide bonds. The second kappa shape index (κ2) is 12.9. The van der Waals surface area contributed by atoms with E-state index in [1.807, 2.05) is 67.6 Å². The second-order valence-electron chi connectivity index (χ2n) is 11.0. The van der Waals surface area contributed by atoms with Gasteiger partial charge in [-0.15, -0.1) is 0 Å². The number of rotatable bonds is 9. The summed E-state index contributed by atoms with van der Waals surface area (Å²) in [5, 5.41) is 2.05. The number of allylic oxidation sites excluding steroid dienone is 6. The molecular weight excluding hydrogens is 562 g/mol. The molecule has 0 saturated carbocycles. The van der Waals surface area contributed by atoms with Gasteiger partial charge < -0.3 is 4.90 Å². The summed E-state index contributed by atoms with van der Waals surface area (Å²) < 4.78 is 0. The largest absolute Gasteiger partial charge is 0.310 e. The number of benzene rings is 5. The maximum Gasteiger partial charge on any atom is 0.197 e. The van der Waals surface area contributed by atoms with E-state index in [0.717, 1.165) is 55.7 Å². The Bertz CT molecular complexity index is 2130. The van der Waals surface area contributed by atoms with Crippen molar-refractivity contribution in [1.29, 1.82) is 0 Å². The number of hydrogen-bond donors (Lipinski definition) is 0. The lowest BCUT2D eigenvalue weighted by molar-refractivity contribution is 0.0990. The molecule has 0 heterocycles. The molecule has 0 N–H and O–H groups in total. The first kappa shape index (κ1) is 30.0. The van der Waals surface area contributed by atoms with Crippen molar-refractivity contribution in [3.63, 3.8) is 0 Å². The van der Waals surface area contributed by atoms with E-state index in [4.69, 9.17) is 0 Å². The number of fused-ring (bicyclic) bond motifs is 2. The number of Topliss-reactive ketones (excluding diaryl/α,β-unsaturated/α-hetero) is 2. The predicted molar refractivity (Wildman–Crippen MR) is 195 cm³/mol. The van der Waals surface area contributed by atoms with Crippen LogP contribution in [0, 0.1) is 0 Å². The minimum absolute atomic E-state index is 0.180. The molecule has 0 bridgehead atoms. The zero-order valence-corrected chi connectivity index (χ0v) is 25.7. The third-order valence-electron chi connectivity index (χ3n) is 8.18. The van der Waals surface area contributed by atoms with Crippen LogP contribution >= 0.6 is 0 Å². The summed E-state index contributed by atoms with van der Waals surface area (Å²) in [5.41, 5.74) is 8.67. The SMILES string of the molecule is C=C/C=C(\C=C)c1ccc(N(c2ccccc2)c2ccc3cc(C=C4C(=O)c5cc(C=C)c(/C=C\C)cc5C4=O)ccc3c2)cc1. The standard InChI is InChI=1S/C43H33NO2/c1-5-12-30(7-3)32-18-21-37(22-19-32)44(36-14-10-9-11-15-36)38-23-20-34-24-29(16-17-35(34)26-38)25-41-42(45)39-27-31(8-4)33(13-6-2)28-40(39)43(41)46/h5-28H,1,3-4H2,2H3/b13-6-,30-12+,41-25?. The van der Waals surface area contributed by atoms with Gasteiger partial charge in [0.2, 0.25) is 0 Å². The van der Waals surface area contributed by atoms with E-state index in [1.54, 1.807) is 30.4 Å². The number of anilines is 3. The third-order valence-corrected chi connectivity index (χ3v) is 8.18. The van der Waals surface area contributed by atoms with E-state index in [1.165, 1.54) is 0 Å². The molecule has 5 aromatic rings. The summed E-state index contributed by atoms with van der Waals surface area (Å²) in [6.07, 6.45) is 12.8. The molecule has 0 atom stereocenters. The van der Waals surface area contributed by atoms with Crippen LogP contribution in [0.2, 0.25) is 0 Å². The van der Waals surface area contributed by atoms with E-state index in [0.29, 0.717) is 11.1 Å². The zero-order chi connectivity index (χ0) is 32.2. The van der Waals surface area contributed by atoms with Crippen LogP contribution in [0.3, 0.4) is 0 Å². The van der Waals surface area contributed by atoms with E-state index in [2.05, 4.69) is 79.2 Å². The molecule has 1 aliphatic rings. The minimum Gasteiger partial charge on any atom is -0.310 e. The van der Waals surface area contributed by atoms with Gasteiger partial charge in [0.25, 0.3) is 0 Å². The van der Waals surface area contributed by atoms with E-state index < -0.39 is 0 Å². The highest BCUT2D eigenvalue weighted by molar-refractivity contribution is 6.41. The monoisotopic (exact) mass is 595 g/mol. The smallest absolute Gasteiger partial charge is 0.197 e. The van der Waals surface area contributed by atoms with Gasteiger partial charge in [-0.05, 0) is 106 Å². The predicted octanol–water partition coefficient (Wildman–Crippen LogP) is 11.2. The van der Waals surface area contributed by atoms with Gasteiger partial charge in [0.05, 0.1) is 5.57 Å². The number of para-hydroxylation sites is 1. The summed E-state index contributed by atoms with van der Waals surface area (Å²) >= 11 is 0. The Kier molecular flexibility index (Phi) is 8.40. The molecule has 1 aliphatic carbocycles. The van der Waals surface area contributed by atoms with Gasteiger partial charge >= 0.3 is 0 Å². The average molecular weight is 596 g/mol. The van der Waals surface area contributed by atoms with Crippen molar-refractivity contribution in [3.05, 3.63) is 186 Å². The minimum atomic E-state index is -0.254. The first-order valence-corrected chi connectivity index (χ1v) is 15.1. The molecule has 0 unspecified atom stereocenters. The van der Waals surface area contributed by atoms with Gasteiger partial charge in [-0.1, -0.05) is 105 Å². The molecule has 0 aromatic heterocycles. The lowest BCUT2D eigenvalue weighted by Gasteiger charge is -2.26. The fourth-order valence-electron chi connectivity index (χ4n) is 5.92. The highest BCUT2D eigenvalue weighted by Gasteiger charge is 2.33. The molecule has 0 fully saturated rings. The summed E-state index contributed by atoms with van der Waals surface area (Å²) in [6, 6.07) is 34.5. The summed E-state index contributed by atoms with van der Waals surface area (Å²) in [5.74, 6) is -0.503. The van der Waals surface area contributed by atoms with Crippen molar-refractivity contribution in [2.45, 2.75) is 6.92 Å². The van der Waals surface area contributed by atoms with Gasteiger partial charge in [0.1, 0.15) is 0 Å². The number of hydrogen-bond acceptors (Lipinski definition) is 3. The fourth-order valence-corrected chi connectivity index (χ4v) is 5.92. The fraction of sp³-hybridized carbons (Fsp3) is 0.0233. The van der Waals surface area contributed by atoms with E-state index >= 15 is 0 Å². The van der Waals surface area contributed by atoms with Crippen molar-refractivity contribution in [1.82, 2.24) is 0 Å². The van der Waals surface area contributed by atoms with Crippen LogP contribution < -0.4 is 4.90 Å². The molecule has 5 aromatic carbocycles. The van der Waals surface area contributed by atoms with E-state index in [-0.39, 0.29) is 17.1 Å². The average Bonchev–Trinajstić information content (AvgIpc) is 3.31. The topological polar surface area (TPSA) is 37.4 Å². The maximum absolute atomic E-state index is 13.4. The summed E-state index contributed by atoms with van der Waals surface area (Å²) in [6.45, 7) is 13.5. The number of ketones is 2. The quantitative estimate of drug-likeness (QED) is 0.0966. The third kappa shape index (κ3) is 5.62. The van der Waals surface area contributed by atoms with Crippen molar-refractivity contribution in [2.75, 3.05) is 4.90 Å². The van der Waals surface area contributed by atoms with Crippen LogP contribution in [0.1, 0.15) is 49.9 Å². The van der Waals surface area contributed by atoms with Crippen LogP contribution in [-0.2, 0) is 0 Å². The Morgan fingerprint density at radius 3 is 1.96 bits per heavy atom. The van der Waals surface area contributed by atoms with E-state index in [9.17, 15) is 9.59 Å². The van der Waals surface area contributed by atoms with Crippen molar-refractivity contribution >= 4 is 63.2 Å². The Morgan fingerprint density at radius 1 is 0.674 bits per heavy atom. The summed E-state index contributed by atoms with van der Waals surface area (Å²) in [4.78, 5) is 28.9. The molecule has 6 rings (SSSR count). The highest BCUT2D eigenvalue weighted by Crippen LogP contribution is 2.37. The molecular formula is C43H33NO2. The van der Waals surface area contributed by atoms with Crippen LogP contribution in [0.25, 0.3) is 34.6 Å². The second-order valence-corrected chi connectivity index (χ2v) is 11.0. The molecule has 0 spiro atoms. The normalized spacial score (nSPS) is 13.8. The Labute approximate surface area is 270 Å². The van der Waals surface area contributed by atoms with Crippen molar-refractivity contribution < 1.29 is 9.59 Å². The molecule has 3 heteroatoms. The summed E-state index contributed by atoms with van der Waals surface area (Å²) in [7, 11) is 0. The van der Waals surface area contributed by atoms with Crippen molar-refractivity contribution in [3.8, 4) is 0 Å². The Morgan fingerprint density at radius 2 is 1.30 bits per heavy atom. The van der Waals surface area contributed by atoms with Gasteiger partial charge in [-0.3, -0.25) is 9.59 Å². The lowest BCUT2D eigenvalue weighted by Crippen LogP contribution is -2.09. The highest BCUT2D eigenvalue weighted by atomic mass is 16.2. The Hall–Kier alpha value is -6.06. The molecule has 0 radical (unpaired) electrons. The molecule has 0 saturated heterocycles. The first-order valence-electron chi connectivity index (χ1n) is 15.1. The molecule has 222 valence electrons. The lowest BCUT2D eigenvalue weighted by atomic mass is 9.99. The van der Waals surface area contributed by atoms with Gasteiger partial charge in [-0.2, -0.15) is 0 Å². The van der Waals surface area contributed by atoms with Crippen LogP contribution in [0.15, 0.2) is 153 Å². The van der Waals surface area contributed by atoms with Crippen molar-refractivity contribution in [2.24, 2.45) is 0 Å². The number of carbonyl (C=O) groups is 2. The zero-order valence-electron chi connectivity index (χ0n) is 25.7. The number of carbonyl (C=O) groups excluding carboxylic acids is 2. The molecule has 0 aliphatic heterocycles.